The van der Waals surface area contributed by atoms with Gasteiger partial charge in [-0.25, -0.2) is 0 Å². The van der Waals surface area contributed by atoms with Gasteiger partial charge < -0.3 is 0 Å². The second-order valence-corrected chi connectivity index (χ2v) is 13.8. The van der Waals surface area contributed by atoms with E-state index in [4.69, 9.17) is 0 Å². The lowest BCUT2D eigenvalue weighted by Gasteiger charge is -2.28. The van der Waals surface area contributed by atoms with Crippen LogP contribution in [0.4, 0.5) is 0 Å². The monoisotopic (exact) mass is 573 g/mol. The van der Waals surface area contributed by atoms with E-state index < -0.39 is 0 Å². The van der Waals surface area contributed by atoms with Crippen molar-refractivity contribution >= 4 is 0 Å². The molecule has 2 aliphatic rings. The molecule has 0 radical (unpaired) electrons. The van der Waals surface area contributed by atoms with Crippen LogP contribution in [0.15, 0.2) is 84.1 Å². The number of allylic oxidation sites excluding steroid dienone is 12. The molecule has 1 fully saturated rings. The molecule has 0 heterocycles. The molecule has 0 spiro atoms. The number of hydrogen-bond donors (Lipinski definition) is 0. The first-order valence-electron chi connectivity index (χ1n) is 18.0. The fourth-order valence-electron chi connectivity index (χ4n) is 8.20. The van der Waals surface area contributed by atoms with Crippen molar-refractivity contribution < 1.29 is 0 Å². The Hall–Kier alpha value is -1.82. The molecule has 236 valence electrons. The van der Waals surface area contributed by atoms with Gasteiger partial charge in [-0.15, -0.1) is 6.58 Å². The van der Waals surface area contributed by atoms with Crippen LogP contribution in [0, 0.1) is 35.5 Å². The molecule has 2 rings (SSSR count). The average molecular weight is 573 g/mol. The summed E-state index contributed by atoms with van der Waals surface area (Å²) in [7, 11) is 0. The van der Waals surface area contributed by atoms with Crippen LogP contribution in [0.5, 0.6) is 0 Å². The smallest absolute Gasteiger partial charge is 0.0125 e. The van der Waals surface area contributed by atoms with Gasteiger partial charge in [-0.1, -0.05) is 151 Å². The lowest BCUT2D eigenvalue weighted by Crippen LogP contribution is -2.16. The highest BCUT2D eigenvalue weighted by Crippen LogP contribution is 2.47. The fourth-order valence-corrected chi connectivity index (χ4v) is 8.20. The molecule has 0 aromatic rings. The van der Waals surface area contributed by atoms with E-state index >= 15 is 0 Å². The molecule has 0 aliphatic heterocycles. The van der Waals surface area contributed by atoms with Gasteiger partial charge in [0.15, 0.2) is 0 Å². The predicted octanol–water partition coefficient (Wildman–Crippen LogP) is 13.7. The molecule has 0 aromatic carbocycles. The van der Waals surface area contributed by atoms with Gasteiger partial charge in [0.05, 0.1) is 0 Å². The minimum Gasteiger partial charge on any atom is -0.103 e. The molecular formula is C42H68. The number of hydrogen-bond acceptors (Lipinski definition) is 0. The Labute approximate surface area is 263 Å². The molecule has 0 amide bonds. The fraction of sp³-hybridized carbons (Fsp3) is 0.667. The Bertz CT molecular complexity index is 925. The molecule has 0 heteroatoms. The minimum absolute atomic E-state index is 0.524. The molecule has 0 saturated heterocycles. The summed E-state index contributed by atoms with van der Waals surface area (Å²) in [5, 5.41) is 0. The zero-order chi connectivity index (χ0) is 30.7. The molecule has 5 atom stereocenters. The SMILES string of the molecule is C=CC=CC=C(CC(C)C=CC)C(=CC)C(CC=C)CC1CC(C(CC)CCCCCC2CCCCCC2)=C(C)C1C. The Morgan fingerprint density at radius 1 is 1.00 bits per heavy atom. The van der Waals surface area contributed by atoms with Gasteiger partial charge in [-0.2, -0.15) is 0 Å². The molecule has 0 aromatic heterocycles. The second kappa shape index (κ2) is 21.0. The molecule has 1 saturated carbocycles. The summed E-state index contributed by atoms with van der Waals surface area (Å²) in [4.78, 5) is 0. The highest BCUT2D eigenvalue weighted by molar-refractivity contribution is 5.37. The van der Waals surface area contributed by atoms with Crippen molar-refractivity contribution in [3.8, 4) is 0 Å². The van der Waals surface area contributed by atoms with Gasteiger partial charge in [0.2, 0.25) is 0 Å². The maximum absolute atomic E-state index is 4.19. The maximum atomic E-state index is 4.19. The zero-order valence-electron chi connectivity index (χ0n) is 28.8. The van der Waals surface area contributed by atoms with E-state index in [1.165, 1.54) is 101 Å². The van der Waals surface area contributed by atoms with Crippen molar-refractivity contribution in [2.24, 2.45) is 35.5 Å². The Morgan fingerprint density at radius 3 is 2.36 bits per heavy atom. The standard InChI is InChI=1S/C42H68/c1-9-14-18-29-39(30-33(6)23-10-2)41(13-5)38(24-11-3)31-40-32-42(35(8)34(40)7)37(12-4)28-22-17-21-27-36-25-19-15-16-20-26-36/h9-11,13-14,18,23,29,33-34,36-38,40H,1,3,12,15-17,19-22,24-28,30-32H2,2,4-8H3. The van der Waals surface area contributed by atoms with E-state index in [0.29, 0.717) is 17.8 Å². The third-order valence-electron chi connectivity index (χ3n) is 10.8. The average Bonchev–Trinajstić information content (AvgIpc) is 3.13. The highest BCUT2D eigenvalue weighted by Gasteiger charge is 2.34. The summed E-state index contributed by atoms with van der Waals surface area (Å²) in [6.07, 6.45) is 39.6. The number of rotatable bonds is 19. The third-order valence-corrected chi connectivity index (χ3v) is 10.8. The number of unbranched alkanes of at least 4 members (excludes halogenated alkanes) is 2. The first-order valence-corrected chi connectivity index (χ1v) is 18.0. The molecule has 2 aliphatic carbocycles. The molecule has 42 heavy (non-hydrogen) atoms. The lowest BCUT2D eigenvalue weighted by atomic mass is 9.77. The lowest BCUT2D eigenvalue weighted by molar-refractivity contribution is 0.345. The van der Waals surface area contributed by atoms with Crippen molar-refractivity contribution in [1.82, 2.24) is 0 Å². The minimum atomic E-state index is 0.524. The topological polar surface area (TPSA) is 0 Å². The summed E-state index contributed by atoms with van der Waals surface area (Å²) >= 11 is 0. The van der Waals surface area contributed by atoms with Crippen molar-refractivity contribution in [1.29, 1.82) is 0 Å². The second-order valence-electron chi connectivity index (χ2n) is 13.8. The molecule has 0 bridgehead atoms. The van der Waals surface area contributed by atoms with E-state index in [2.05, 4.69) is 97.2 Å². The Balaban J connectivity index is 2.05. The van der Waals surface area contributed by atoms with Gasteiger partial charge in [0.1, 0.15) is 0 Å². The summed E-state index contributed by atoms with van der Waals surface area (Å²) in [5.74, 6) is 4.29. The van der Waals surface area contributed by atoms with Crippen LogP contribution in [-0.2, 0) is 0 Å². The molecule has 5 unspecified atom stereocenters. The Kier molecular flexibility index (Phi) is 18.2. The quantitative estimate of drug-likeness (QED) is 0.0625. The van der Waals surface area contributed by atoms with E-state index in [-0.39, 0.29) is 0 Å². The van der Waals surface area contributed by atoms with Crippen LogP contribution >= 0.6 is 0 Å². The third kappa shape index (κ3) is 12.1. The van der Waals surface area contributed by atoms with E-state index in [9.17, 15) is 0 Å². The van der Waals surface area contributed by atoms with Gasteiger partial charge in [-0.05, 0) is 106 Å². The van der Waals surface area contributed by atoms with Crippen molar-refractivity contribution in [3.63, 3.8) is 0 Å². The van der Waals surface area contributed by atoms with E-state index in [1.54, 1.807) is 5.57 Å². The summed E-state index contributed by atoms with van der Waals surface area (Å²) < 4.78 is 0. The van der Waals surface area contributed by atoms with Crippen molar-refractivity contribution in [2.45, 2.75) is 144 Å². The zero-order valence-corrected chi connectivity index (χ0v) is 28.8. The van der Waals surface area contributed by atoms with Crippen LogP contribution < -0.4 is 0 Å². The van der Waals surface area contributed by atoms with Crippen LogP contribution in [0.3, 0.4) is 0 Å². The normalized spacial score (nSPS) is 23.5. The van der Waals surface area contributed by atoms with E-state index in [1.807, 2.05) is 11.6 Å². The Morgan fingerprint density at radius 2 is 1.74 bits per heavy atom. The molecule has 0 nitrogen and oxygen atoms in total. The summed E-state index contributed by atoms with van der Waals surface area (Å²) in [6.45, 7) is 22.2. The van der Waals surface area contributed by atoms with Crippen LogP contribution in [0.2, 0.25) is 0 Å². The highest BCUT2D eigenvalue weighted by atomic mass is 14.4. The first kappa shape index (κ1) is 36.4. The van der Waals surface area contributed by atoms with Gasteiger partial charge in [0.25, 0.3) is 0 Å². The predicted molar refractivity (Wildman–Crippen MR) is 191 cm³/mol. The van der Waals surface area contributed by atoms with Crippen molar-refractivity contribution in [3.05, 3.63) is 84.1 Å². The summed E-state index contributed by atoms with van der Waals surface area (Å²) in [5.41, 5.74) is 6.54. The van der Waals surface area contributed by atoms with Crippen LogP contribution in [-0.4, -0.2) is 0 Å². The first-order chi connectivity index (χ1) is 20.4. The molecule has 0 N–H and O–H groups in total. The maximum Gasteiger partial charge on any atom is -0.0125 e. The van der Waals surface area contributed by atoms with Gasteiger partial charge in [-0.3, -0.25) is 0 Å². The van der Waals surface area contributed by atoms with Gasteiger partial charge >= 0.3 is 0 Å². The largest absolute Gasteiger partial charge is 0.103 e. The van der Waals surface area contributed by atoms with Gasteiger partial charge in [0, 0.05) is 0 Å². The van der Waals surface area contributed by atoms with Crippen LogP contribution in [0.25, 0.3) is 0 Å². The summed E-state index contributed by atoms with van der Waals surface area (Å²) in [6, 6.07) is 0. The molecular weight excluding hydrogens is 504 g/mol. The van der Waals surface area contributed by atoms with E-state index in [0.717, 1.165) is 30.6 Å². The van der Waals surface area contributed by atoms with Crippen molar-refractivity contribution in [2.75, 3.05) is 0 Å². The van der Waals surface area contributed by atoms with Crippen LogP contribution in [0.1, 0.15) is 144 Å².